The predicted molar refractivity (Wildman–Crippen MR) is 92.0 cm³/mol. The molecule has 1 heterocycles. The van der Waals surface area contributed by atoms with Crippen LogP contribution in [-0.2, 0) is 0 Å². The van der Waals surface area contributed by atoms with Crippen LogP contribution in [0.3, 0.4) is 0 Å². The zero-order valence-electron chi connectivity index (χ0n) is 13.6. The van der Waals surface area contributed by atoms with Gasteiger partial charge in [0.2, 0.25) is 0 Å². The first-order valence-electron chi connectivity index (χ1n) is 8.12. The third kappa shape index (κ3) is 3.26. The summed E-state index contributed by atoms with van der Waals surface area (Å²) in [7, 11) is 3.69. The van der Waals surface area contributed by atoms with Gasteiger partial charge in [-0.05, 0) is 37.8 Å². The summed E-state index contributed by atoms with van der Waals surface area (Å²) >= 11 is 6.08. The Morgan fingerprint density at radius 1 is 1.35 bits per heavy atom. The zero-order chi connectivity index (χ0) is 16.6. The van der Waals surface area contributed by atoms with Gasteiger partial charge in [0.05, 0.1) is 23.4 Å². The first kappa shape index (κ1) is 16.4. The molecule has 1 saturated heterocycles. The number of rotatable bonds is 3. The molecule has 2 bridgehead atoms. The van der Waals surface area contributed by atoms with Crippen molar-refractivity contribution in [2.45, 2.75) is 25.3 Å². The molecule has 6 heteroatoms. The van der Waals surface area contributed by atoms with Gasteiger partial charge < -0.3 is 20.7 Å². The van der Waals surface area contributed by atoms with Gasteiger partial charge in [0.15, 0.2) is 0 Å². The van der Waals surface area contributed by atoms with Gasteiger partial charge in [0, 0.05) is 25.2 Å². The molecule has 2 atom stereocenters. The maximum Gasteiger partial charge on any atom is 0.255 e. The lowest BCUT2D eigenvalue weighted by atomic mass is 9.73. The van der Waals surface area contributed by atoms with Crippen molar-refractivity contribution in [1.29, 1.82) is 0 Å². The lowest BCUT2D eigenvalue weighted by Crippen LogP contribution is -2.57. The van der Waals surface area contributed by atoms with E-state index in [0.29, 0.717) is 33.9 Å². The molecule has 2 fully saturated rings. The predicted octanol–water partition coefficient (Wildman–Crippen LogP) is 2.39. The van der Waals surface area contributed by atoms with Gasteiger partial charge >= 0.3 is 0 Å². The molecule has 3 rings (SSSR count). The molecule has 3 N–H and O–H groups in total. The van der Waals surface area contributed by atoms with E-state index in [1.165, 1.54) is 26.4 Å². The molecule has 1 aromatic rings. The fourth-order valence-corrected chi connectivity index (χ4v) is 4.22. The number of methoxy groups -OCH3 is 1. The Hall–Kier alpha value is -1.46. The molecule has 2 aliphatic rings. The lowest BCUT2D eigenvalue weighted by molar-refractivity contribution is 0.0539. The number of amides is 1. The third-order valence-electron chi connectivity index (χ3n) is 5.12. The number of piperidine rings is 1. The van der Waals surface area contributed by atoms with Crippen LogP contribution in [0.2, 0.25) is 5.02 Å². The average Bonchev–Trinajstić information content (AvgIpc) is 2.50. The quantitative estimate of drug-likeness (QED) is 0.831. The minimum absolute atomic E-state index is 0.129. The van der Waals surface area contributed by atoms with Gasteiger partial charge in [-0.25, -0.2) is 0 Å². The summed E-state index contributed by atoms with van der Waals surface area (Å²) in [6, 6.07) is 3.43. The van der Waals surface area contributed by atoms with Crippen molar-refractivity contribution in [1.82, 2.24) is 10.2 Å². The second-order valence-electron chi connectivity index (χ2n) is 6.75. The number of fused-ring (bicyclic) bond motifs is 2. The van der Waals surface area contributed by atoms with E-state index < -0.39 is 0 Å². The largest absolute Gasteiger partial charge is 0.496 e. The van der Waals surface area contributed by atoms with E-state index in [9.17, 15) is 4.79 Å². The minimum Gasteiger partial charge on any atom is -0.496 e. The van der Waals surface area contributed by atoms with Gasteiger partial charge in [-0.3, -0.25) is 4.79 Å². The van der Waals surface area contributed by atoms with Gasteiger partial charge in [-0.1, -0.05) is 18.0 Å². The molecule has 0 radical (unpaired) electrons. The molecule has 23 heavy (non-hydrogen) atoms. The molecule has 2 unspecified atom stereocenters. The van der Waals surface area contributed by atoms with Crippen LogP contribution >= 0.6 is 11.6 Å². The van der Waals surface area contributed by atoms with Crippen molar-refractivity contribution in [3.8, 4) is 5.75 Å². The normalized spacial score (nSPS) is 27.5. The van der Waals surface area contributed by atoms with Crippen LogP contribution in [0, 0.1) is 11.8 Å². The number of nitrogens with two attached hydrogens (primary N) is 1. The third-order valence-corrected chi connectivity index (χ3v) is 5.45. The summed E-state index contributed by atoms with van der Waals surface area (Å²) in [4.78, 5) is 15.1. The van der Waals surface area contributed by atoms with Crippen molar-refractivity contribution in [3.05, 3.63) is 22.7 Å². The summed E-state index contributed by atoms with van der Waals surface area (Å²) in [5, 5.41) is 3.61. The van der Waals surface area contributed by atoms with Crippen molar-refractivity contribution in [3.63, 3.8) is 0 Å². The molecule has 1 saturated carbocycles. The Labute approximate surface area is 142 Å². The first-order chi connectivity index (χ1) is 11.0. The summed E-state index contributed by atoms with van der Waals surface area (Å²) in [6.45, 7) is 2.09. The van der Waals surface area contributed by atoms with E-state index in [0.717, 1.165) is 13.1 Å². The standard InChI is InChI=1S/C17H24ClN3O2/c1-21-8-10-4-3-5-11(9-21)16(10)20-17(22)12-6-13(18)14(19)7-15(12)23-2/h6-7,10-11,16H,3-5,8-9,19H2,1-2H3,(H,20,22). The number of hydrogen-bond acceptors (Lipinski definition) is 4. The van der Waals surface area contributed by atoms with E-state index in [2.05, 4.69) is 17.3 Å². The van der Waals surface area contributed by atoms with Crippen molar-refractivity contribution in [2.75, 3.05) is 33.0 Å². The van der Waals surface area contributed by atoms with Crippen LogP contribution in [0.15, 0.2) is 12.1 Å². The number of hydrogen-bond donors (Lipinski definition) is 2. The van der Waals surface area contributed by atoms with E-state index in [1.807, 2.05) is 0 Å². The van der Waals surface area contributed by atoms with Gasteiger partial charge in [-0.15, -0.1) is 0 Å². The van der Waals surface area contributed by atoms with Crippen LogP contribution in [0.1, 0.15) is 29.6 Å². The molecule has 1 aliphatic carbocycles. The highest BCUT2D eigenvalue weighted by molar-refractivity contribution is 6.33. The molecule has 126 valence electrons. The smallest absolute Gasteiger partial charge is 0.255 e. The van der Waals surface area contributed by atoms with E-state index in [1.54, 1.807) is 12.1 Å². The van der Waals surface area contributed by atoms with Crippen LogP contribution in [0.5, 0.6) is 5.75 Å². The maximum absolute atomic E-state index is 12.8. The fourth-order valence-electron chi connectivity index (χ4n) is 4.05. The SMILES string of the molecule is COc1cc(N)c(Cl)cc1C(=O)NC1C2CCCC1CN(C)C2. The van der Waals surface area contributed by atoms with Gasteiger partial charge in [0.1, 0.15) is 5.75 Å². The Bertz CT molecular complexity index is 594. The summed E-state index contributed by atoms with van der Waals surface area (Å²) < 4.78 is 5.29. The number of carbonyl (C=O) groups excluding carboxylic acids is 1. The maximum atomic E-state index is 12.8. The number of benzene rings is 1. The molecule has 5 nitrogen and oxygen atoms in total. The van der Waals surface area contributed by atoms with Crippen LogP contribution in [0.4, 0.5) is 5.69 Å². The molecular weight excluding hydrogens is 314 g/mol. The monoisotopic (exact) mass is 337 g/mol. The van der Waals surface area contributed by atoms with E-state index >= 15 is 0 Å². The Balaban J connectivity index is 1.80. The number of carbonyl (C=O) groups is 1. The van der Waals surface area contributed by atoms with Gasteiger partial charge in [-0.2, -0.15) is 0 Å². The summed E-state index contributed by atoms with van der Waals surface area (Å²) in [5.74, 6) is 1.37. The Morgan fingerprint density at radius 3 is 2.61 bits per heavy atom. The number of likely N-dealkylation sites (tertiary alicyclic amines) is 1. The van der Waals surface area contributed by atoms with Crippen molar-refractivity contribution < 1.29 is 9.53 Å². The minimum atomic E-state index is -0.129. The number of halogens is 1. The first-order valence-corrected chi connectivity index (χ1v) is 8.49. The molecule has 1 aliphatic heterocycles. The number of nitrogens with one attached hydrogen (secondary N) is 1. The molecule has 1 aromatic carbocycles. The Kier molecular flexibility index (Phi) is 4.69. The second-order valence-corrected chi connectivity index (χ2v) is 7.15. The van der Waals surface area contributed by atoms with E-state index in [-0.39, 0.29) is 11.9 Å². The fraction of sp³-hybridized carbons (Fsp3) is 0.588. The highest BCUT2D eigenvalue weighted by Crippen LogP contribution is 2.35. The average molecular weight is 338 g/mol. The summed E-state index contributed by atoms with van der Waals surface area (Å²) in [6.07, 6.45) is 3.60. The van der Waals surface area contributed by atoms with Gasteiger partial charge in [0.25, 0.3) is 5.91 Å². The number of ether oxygens (including phenoxy) is 1. The van der Waals surface area contributed by atoms with Crippen LogP contribution in [0.25, 0.3) is 0 Å². The molecular formula is C17H24ClN3O2. The summed E-state index contributed by atoms with van der Waals surface area (Å²) in [5.41, 5.74) is 6.65. The highest BCUT2D eigenvalue weighted by Gasteiger charge is 2.39. The molecule has 1 amide bonds. The topological polar surface area (TPSA) is 67.6 Å². The van der Waals surface area contributed by atoms with Crippen molar-refractivity contribution in [2.24, 2.45) is 11.8 Å². The number of nitrogens with zero attached hydrogens (tertiary/aromatic N) is 1. The second kappa shape index (κ2) is 6.57. The molecule has 0 aromatic heterocycles. The van der Waals surface area contributed by atoms with E-state index in [4.69, 9.17) is 22.1 Å². The Morgan fingerprint density at radius 2 is 2.00 bits per heavy atom. The number of anilines is 1. The van der Waals surface area contributed by atoms with Crippen LogP contribution < -0.4 is 15.8 Å². The zero-order valence-corrected chi connectivity index (χ0v) is 14.4. The van der Waals surface area contributed by atoms with Crippen molar-refractivity contribution >= 4 is 23.2 Å². The van der Waals surface area contributed by atoms with Crippen LogP contribution in [-0.4, -0.2) is 44.1 Å². The molecule has 0 spiro atoms. The highest BCUT2D eigenvalue weighted by atomic mass is 35.5. The number of nitrogen functional groups attached to an aromatic ring is 1. The lowest BCUT2D eigenvalue weighted by Gasteiger charge is -2.46.